The molecule has 1 saturated carbocycles. The van der Waals surface area contributed by atoms with E-state index in [0.29, 0.717) is 24.3 Å². The van der Waals surface area contributed by atoms with Crippen LogP contribution in [0.3, 0.4) is 0 Å². The van der Waals surface area contributed by atoms with Gasteiger partial charge in [0.25, 0.3) is 5.91 Å². The van der Waals surface area contributed by atoms with Crippen molar-refractivity contribution in [1.29, 1.82) is 0 Å². The molecule has 1 aliphatic carbocycles. The number of amides is 1. The van der Waals surface area contributed by atoms with E-state index in [1.165, 1.54) is 11.1 Å². The molecular formula is C27H26F2N4O4. The fourth-order valence-electron chi connectivity index (χ4n) is 4.79. The van der Waals surface area contributed by atoms with Gasteiger partial charge in [0.2, 0.25) is 11.5 Å². The summed E-state index contributed by atoms with van der Waals surface area (Å²) in [5.41, 5.74) is 0.127. The first-order chi connectivity index (χ1) is 17.9. The van der Waals surface area contributed by atoms with E-state index in [2.05, 4.69) is 5.10 Å². The first-order valence-electron chi connectivity index (χ1n) is 12.3. The zero-order valence-electron chi connectivity index (χ0n) is 20.1. The van der Waals surface area contributed by atoms with Crippen LogP contribution in [0.2, 0.25) is 0 Å². The number of Topliss-reactive ketones (excluding diaryl/α,β-unsaturated/α-hetero) is 1. The average molecular weight is 509 g/mol. The molecule has 0 bridgehead atoms. The van der Waals surface area contributed by atoms with E-state index in [1.807, 2.05) is 4.90 Å². The molecular weight excluding hydrogens is 482 g/mol. The van der Waals surface area contributed by atoms with Crippen molar-refractivity contribution >= 4 is 17.4 Å². The molecule has 37 heavy (non-hydrogen) atoms. The normalized spacial score (nSPS) is 16.2. The number of ketones is 1. The number of hydrogen-bond donors (Lipinski definition) is 0. The minimum atomic E-state index is -0.822. The lowest BCUT2D eigenvalue weighted by atomic mass is 10.1. The smallest absolute Gasteiger partial charge is 0.316 e. The fourth-order valence-corrected chi connectivity index (χ4v) is 4.79. The Balaban J connectivity index is 1.39. The Labute approximate surface area is 212 Å². The van der Waals surface area contributed by atoms with E-state index in [0.717, 1.165) is 48.6 Å². The van der Waals surface area contributed by atoms with Crippen LogP contribution < -0.4 is 15.2 Å². The Hall–Kier alpha value is -4.08. The van der Waals surface area contributed by atoms with E-state index in [9.17, 15) is 23.2 Å². The summed E-state index contributed by atoms with van der Waals surface area (Å²) in [7, 11) is 0. The van der Waals surface area contributed by atoms with Gasteiger partial charge in [0, 0.05) is 37.8 Å². The number of benzene rings is 2. The number of halogens is 2. The highest BCUT2D eigenvalue weighted by Gasteiger charge is 2.30. The fraction of sp³-hybridized carbons (Fsp3) is 0.333. The summed E-state index contributed by atoms with van der Waals surface area (Å²) < 4.78 is 34.7. The van der Waals surface area contributed by atoms with Crippen molar-refractivity contribution in [3.05, 3.63) is 82.3 Å². The van der Waals surface area contributed by atoms with Crippen molar-refractivity contribution in [2.24, 2.45) is 0 Å². The second-order valence-electron chi connectivity index (χ2n) is 9.20. The molecule has 1 amide bonds. The maximum absolute atomic E-state index is 13.8. The number of aromatic nitrogens is 2. The number of carbonyl (C=O) groups excluding carboxylic acids is 2. The summed E-state index contributed by atoms with van der Waals surface area (Å²) >= 11 is 0. The van der Waals surface area contributed by atoms with Crippen LogP contribution in [0.5, 0.6) is 5.75 Å². The molecule has 0 radical (unpaired) electrons. The van der Waals surface area contributed by atoms with Gasteiger partial charge >= 0.3 is 5.56 Å². The first-order valence-corrected chi connectivity index (χ1v) is 12.3. The van der Waals surface area contributed by atoms with Crippen LogP contribution >= 0.6 is 0 Å². The van der Waals surface area contributed by atoms with Gasteiger partial charge in [-0.1, -0.05) is 30.3 Å². The highest BCUT2D eigenvalue weighted by atomic mass is 19.1. The van der Waals surface area contributed by atoms with Crippen molar-refractivity contribution in [2.45, 2.75) is 31.8 Å². The molecule has 0 spiro atoms. The Morgan fingerprint density at radius 2 is 1.57 bits per heavy atom. The Morgan fingerprint density at radius 1 is 0.919 bits per heavy atom. The molecule has 1 aliphatic heterocycles. The number of ether oxygens (including phenoxy) is 1. The summed E-state index contributed by atoms with van der Waals surface area (Å²) in [6.07, 6.45) is 4.90. The number of carbonyl (C=O) groups is 2. The summed E-state index contributed by atoms with van der Waals surface area (Å²) in [5.74, 6) is -2.72. The van der Waals surface area contributed by atoms with Gasteiger partial charge in [0.1, 0.15) is 17.3 Å². The molecule has 2 fully saturated rings. The largest absolute Gasteiger partial charge is 0.483 e. The zero-order chi connectivity index (χ0) is 25.9. The van der Waals surface area contributed by atoms with Gasteiger partial charge in [-0.25, -0.2) is 8.78 Å². The Kier molecular flexibility index (Phi) is 6.98. The third-order valence-electron chi connectivity index (χ3n) is 6.73. The van der Waals surface area contributed by atoms with Gasteiger partial charge in [-0.2, -0.15) is 9.78 Å². The van der Waals surface area contributed by atoms with Gasteiger partial charge in [0.05, 0.1) is 18.0 Å². The van der Waals surface area contributed by atoms with Crippen LogP contribution in [0.1, 0.15) is 36.0 Å². The average Bonchev–Trinajstić information content (AvgIpc) is 3.42. The topological polar surface area (TPSA) is 84.7 Å². The number of piperazine rings is 1. The van der Waals surface area contributed by atoms with Gasteiger partial charge in [-0.05, 0) is 37.8 Å². The van der Waals surface area contributed by atoms with Crippen LogP contribution in [0.4, 0.5) is 14.5 Å². The SMILES string of the molecule is O=C(C(=O)N1CCN(c2cnn(-c3cc(F)cc(F)c3)c(=O)c2OC2CCCC2)CC1)c1ccccc1. The molecule has 192 valence electrons. The van der Waals surface area contributed by atoms with Gasteiger partial charge in [0.15, 0.2) is 0 Å². The molecule has 0 atom stereocenters. The number of nitrogens with zero attached hydrogens (tertiary/aromatic N) is 4. The van der Waals surface area contributed by atoms with E-state index in [-0.39, 0.29) is 30.6 Å². The minimum Gasteiger partial charge on any atom is -0.483 e. The molecule has 8 nitrogen and oxygen atoms in total. The number of hydrogen-bond acceptors (Lipinski definition) is 6. The monoisotopic (exact) mass is 508 g/mol. The maximum atomic E-state index is 13.8. The summed E-state index contributed by atoms with van der Waals surface area (Å²) in [6, 6.07) is 11.2. The molecule has 1 saturated heterocycles. The van der Waals surface area contributed by atoms with Gasteiger partial charge in [-0.15, -0.1) is 0 Å². The Bertz CT molecular complexity index is 1340. The highest BCUT2D eigenvalue weighted by molar-refractivity contribution is 6.42. The van der Waals surface area contributed by atoms with Crippen LogP contribution in [0, 0.1) is 11.6 Å². The number of anilines is 1. The van der Waals surface area contributed by atoms with Crippen LogP contribution in [0.15, 0.2) is 59.5 Å². The molecule has 2 aliphatic rings. The predicted octanol–water partition coefficient (Wildman–Crippen LogP) is 3.36. The van der Waals surface area contributed by atoms with Crippen molar-refractivity contribution in [3.63, 3.8) is 0 Å². The molecule has 0 unspecified atom stereocenters. The van der Waals surface area contributed by atoms with Gasteiger partial charge < -0.3 is 14.5 Å². The quantitative estimate of drug-likeness (QED) is 0.375. The lowest BCUT2D eigenvalue weighted by Gasteiger charge is -2.36. The summed E-state index contributed by atoms with van der Waals surface area (Å²) in [6.45, 7) is 1.26. The number of rotatable bonds is 6. The zero-order valence-corrected chi connectivity index (χ0v) is 20.1. The van der Waals surface area contributed by atoms with E-state index in [1.54, 1.807) is 30.3 Å². The molecule has 2 aromatic carbocycles. The van der Waals surface area contributed by atoms with Crippen LogP contribution in [-0.4, -0.2) is 58.7 Å². The van der Waals surface area contributed by atoms with Crippen LogP contribution in [0.25, 0.3) is 5.69 Å². The molecule has 2 heterocycles. The molecule has 5 rings (SSSR count). The lowest BCUT2D eigenvalue weighted by Crippen LogP contribution is -2.51. The van der Waals surface area contributed by atoms with Gasteiger partial charge in [-0.3, -0.25) is 14.4 Å². The third kappa shape index (κ3) is 5.23. The van der Waals surface area contributed by atoms with Crippen molar-refractivity contribution in [1.82, 2.24) is 14.7 Å². The second kappa shape index (κ2) is 10.5. The Morgan fingerprint density at radius 3 is 2.22 bits per heavy atom. The standard InChI is InChI=1S/C27H26F2N4O4/c28-19-14-20(29)16-21(15-19)33-27(36)25(37-22-8-4-5-9-22)23(17-30-33)31-10-12-32(13-11-31)26(35)24(34)18-6-2-1-3-7-18/h1-3,6-7,14-17,22H,4-5,8-13H2. The van der Waals surface area contributed by atoms with E-state index < -0.39 is 28.9 Å². The van der Waals surface area contributed by atoms with E-state index >= 15 is 0 Å². The van der Waals surface area contributed by atoms with E-state index in [4.69, 9.17) is 4.74 Å². The molecule has 0 N–H and O–H groups in total. The van der Waals surface area contributed by atoms with Crippen molar-refractivity contribution < 1.29 is 23.1 Å². The molecule has 1 aromatic heterocycles. The van der Waals surface area contributed by atoms with Crippen molar-refractivity contribution in [3.8, 4) is 11.4 Å². The summed E-state index contributed by atoms with van der Waals surface area (Å²) in [5, 5.41) is 4.18. The third-order valence-corrected chi connectivity index (χ3v) is 6.73. The summed E-state index contributed by atoms with van der Waals surface area (Å²) in [4.78, 5) is 42.2. The lowest BCUT2D eigenvalue weighted by molar-refractivity contribution is -0.126. The van der Waals surface area contributed by atoms with Crippen LogP contribution in [-0.2, 0) is 4.79 Å². The maximum Gasteiger partial charge on any atom is 0.316 e. The minimum absolute atomic E-state index is 0.0415. The molecule has 3 aromatic rings. The highest BCUT2D eigenvalue weighted by Crippen LogP contribution is 2.30. The molecule has 10 heteroatoms. The van der Waals surface area contributed by atoms with Crippen molar-refractivity contribution in [2.75, 3.05) is 31.1 Å². The second-order valence-corrected chi connectivity index (χ2v) is 9.20. The predicted molar refractivity (Wildman–Crippen MR) is 132 cm³/mol. The first kappa shape index (κ1) is 24.6.